The molecule has 0 aromatic carbocycles. The summed E-state index contributed by atoms with van der Waals surface area (Å²) in [7, 11) is 1.92. The average molecular weight is 383 g/mol. The number of piperidine rings is 1. The Balaban J connectivity index is 1.38. The molecular weight excluding hydrogens is 354 g/mol. The highest BCUT2D eigenvalue weighted by Crippen LogP contribution is 2.31. The molecule has 0 radical (unpaired) electrons. The van der Waals surface area contributed by atoms with Crippen LogP contribution >= 0.6 is 0 Å². The monoisotopic (exact) mass is 383 g/mol. The van der Waals surface area contributed by atoms with E-state index < -0.39 is 0 Å². The van der Waals surface area contributed by atoms with Crippen molar-refractivity contribution in [1.29, 1.82) is 0 Å². The Morgan fingerprint density at radius 2 is 2.00 bits per heavy atom. The van der Waals surface area contributed by atoms with Gasteiger partial charge in [0.1, 0.15) is 0 Å². The predicted octanol–water partition coefficient (Wildman–Crippen LogP) is 2.56. The van der Waals surface area contributed by atoms with Crippen molar-refractivity contribution in [3.8, 4) is 0 Å². The molecule has 7 heteroatoms. The predicted molar refractivity (Wildman–Crippen MR) is 106 cm³/mol. The fourth-order valence-electron chi connectivity index (χ4n) is 4.39. The van der Waals surface area contributed by atoms with Gasteiger partial charge < -0.3 is 9.64 Å². The minimum atomic E-state index is -0.0467. The number of H-pyrrole nitrogens is 1. The highest BCUT2D eigenvalue weighted by molar-refractivity contribution is 5.94. The van der Waals surface area contributed by atoms with Crippen LogP contribution < -0.4 is 0 Å². The molecule has 2 aromatic heterocycles. The Morgan fingerprint density at radius 1 is 1.29 bits per heavy atom. The number of carbonyl (C=O) groups excluding carboxylic acids is 1. The van der Waals surface area contributed by atoms with E-state index in [0.29, 0.717) is 5.69 Å². The van der Waals surface area contributed by atoms with Gasteiger partial charge in [-0.25, -0.2) is 0 Å². The normalized spacial score (nSPS) is 23.4. The highest BCUT2D eigenvalue weighted by Gasteiger charge is 2.33. The lowest BCUT2D eigenvalue weighted by atomic mass is 9.98. The fraction of sp³-hybridized carbons (Fsp3) is 0.571. The first-order valence-corrected chi connectivity index (χ1v) is 10.1. The summed E-state index contributed by atoms with van der Waals surface area (Å²) in [5, 5.41) is 7.39. The number of aromatic nitrogens is 3. The molecule has 1 N–H and O–H groups in total. The minimum absolute atomic E-state index is 0.0198. The number of aromatic amines is 1. The molecule has 0 aliphatic carbocycles. The first kappa shape index (κ1) is 19.1. The summed E-state index contributed by atoms with van der Waals surface area (Å²) in [4.78, 5) is 21.6. The third kappa shape index (κ3) is 3.82. The van der Waals surface area contributed by atoms with Gasteiger partial charge in [-0.1, -0.05) is 0 Å². The van der Waals surface area contributed by atoms with E-state index in [1.165, 1.54) is 5.56 Å². The maximum absolute atomic E-state index is 13.1. The van der Waals surface area contributed by atoms with Gasteiger partial charge in [-0.3, -0.25) is 19.8 Å². The average Bonchev–Trinajstić information content (AvgIpc) is 3.12. The molecule has 7 nitrogen and oxygen atoms in total. The zero-order valence-corrected chi connectivity index (χ0v) is 16.9. The molecule has 4 heterocycles. The van der Waals surface area contributed by atoms with Gasteiger partial charge in [-0.15, -0.1) is 0 Å². The standard InChI is InChI=1S/C21H29N5O2/c1-14-12-18-19(15(2)28-14)23-24-20(18)21(27)25(3)17-6-10-26(11-7-17)13-16-4-8-22-9-5-16/h4-5,8-9,14-15,17H,6-7,10-13H2,1-3H3,(H,23,24)/t14-,15+/m1/s1. The molecule has 0 bridgehead atoms. The van der Waals surface area contributed by atoms with Crippen LogP contribution in [-0.2, 0) is 17.7 Å². The Morgan fingerprint density at radius 3 is 2.71 bits per heavy atom. The topological polar surface area (TPSA) is 74.4 Å². The van der Waals surface area contributed by atoms with E-state index in [4.69, 9.17) is 4.74 Å². The smallest absolute Gasteiger partial charge is 0.274 e. The van der Waals surface area contributed by atoms with E-state index in [0.717, 1.165) is 50.2 Å². The van der Waals surface area contributed by atoms with E-state index in [1.54, 1.807) is 0 Å². The van der Waals surface area contributed by atoms with Crippen LogP contribution in [0.15, 0.2) is 24.5 Å². The number of nitrogens with zero attached hydrogens (tertiary/aromatic N) is 4. The Hall–Kier alpha value is -2.25. The van der Waals surface area contributed by atoms with Crippen LogP contribution in [-0.4, -0.2) is 63.2 Å². The number of hydrogen-bond acceptors (Lipinski definition) is 5. The molecule has 150 valence electrons. The molecule has 2 aromatic rings. The maximum atomic E-state index is 13.1. The summed E-state index contributed by atoms with van der Waals surface area (Å²) in [6, 6.07) is 4.38. The molecule has 1 amide bonds. The van der Waals surface area contributed by atoms with Crippen LogP contribution in [0.3, 0.4) is 0 Å². The Kier molecular flexibility index (Phi) is 5.46. The second-order valence-corrected chi connectivity index (χ2v) is 8.04. The lowest BCUT2D eigenvalue weighted by Gasteiger charge is -2.36. The quantitative estimate of drug-likeness (QED) is 0.878. The summed E-state index contributed by atoms with van der Waals surface area (Å²) in [6.07, 6.45) is 6.43. The van der Waals surface area contributed by atoms with Crippen molar-refractivity contribution in [1.82, 2.24) is 25.0 Å². The van der Waals surface area contributed by atoms with Gasteiger partial charge >= 0.3 is 0 Å². The van der Waals surface area contributed by atoms with Crippen LogP contribution in [0.5, 0.6) is 0 Å². The minimum Gasteiger partial charge on any atom is -0.369 e. The van der Waals surface area contributed by atoms with E-state index in [-0.39, 0.29) is 24.2 Å². The Bertz CT molecular complexity index is 813. The second kappa shape index (κ2) is 8.01. The van der Waals surface area contributed by atoms with Crippen LogP contribution in [0.1, 0.15) is 60.1 Å². The van der Waals surface area contributed by atoms with Gasteiger partial charge in [0.2, 0.25) is 0 Å². The fourth-order valence-corrected chi connectivity index (χ4v) is 4.39. The number of ether oxygens (including phenoxy) is 1. The number of fused-ring (bicyclic) bond motifs is 1. The maximum Gasteiger partial charge on any atom is 0.274 e. The van der Waals surface area contributed by atoms with Crippen LogP contribution in [0.4, 0.5) is 0 Å². The summed E-state index contributed by atoms with van der Waals surface area (Å²) >= 11 is 0. The van der Waals surface area contributed by atoms with Crippen LogP contribution in [0.25, 0.3) is 0 Å². The van der Waals surface area contributed by atoms with Crippen molar-refractivity contribution in [3.05, 3.63) is 47.0 Å². The highest BCUT2D eigenvalue weighted by atomic mass is 16.5. The molecule has 1 fully saturated rings. The van der Waals surface area contributed by atoms with Crippen molar-refractivity contribution >= 4 is 5.91 Å². The van der Waals surface area contributed by atoms with Crippen molar-refractivity contribution in [2.45, 2.75) is 57.9 Å². The lowest BCUT2D eigenvalue weighted by Crippen LogP contribution is -2.45. The van der Waals surface area contributed by atoms with E-state index in [2.05, 4.69) is 32.2 Å². The number of rotatable bonds is 4. The molecule has 2 aliphatic heterocycles. The molecule has 1 saturated heterocycles. The molecular formula is C21H29N5O2. The number of likely N-dealkylation sites (tertiary alicyclic amines) is 1. The largest absolute Gasteiger partial charge is 0.369 e. The number of hydrogen-bond donors (Lipinski definition) is 1. The molecule has 0 saturated carbocycles. The SMILES string of the molecule is C[C@@H]1Cc2c(C(=O)N(C)C3CCN(Cc4ccncc4)CC3)n[nH]c2[C@H](C)O1. The first-order chi connectivity index (χ1) is 13.5. The molecule has 0 unspecified atom stereocenters. The number of nitrogens with one attached hydrogen (secondary N) is 1. The van der Waals surface area contributed by atoms with Gasteiger partial charge in [0.05, 0.1) is 17.9 Å². The van der Waals surface area contributed by atoms with Crippen molar-refractivity contribution < 1.29 is 9.53 Å². The van der Waals surface area contributed by atoms with Crippen molar-refractivity contribution in [3.63, 3.8) is 0 Å². The lowest BCUT2D eigenvalue weighted by molar-refractivity contribution is -0.00704. The molecule has 0 spiro atoms. The van der Waals surface area contributed by atoms with Gasteiger partial charge in [0.25, 0.3) is 5.91 Å². The molecule has 2 atom stereocenters. The summed E-state index contributed by atoms with van der Waals surface area (Å²) in [5.41, 5.74) is 3.82. The third-order valence-corrected chi connectivity index (χ3v) is 6.02. The van der Waals surface area contributed by atoms with E-state index in [9.17, 15) is 4.79 Å². The van der Waals surface area contributed by atoms with E-state index in [1.807, 2.05) is 38.2 Å². The second-order valence-electron chi connectivity index (χ2n) is 8.04. The van der Waals surface area contributed by atoms with Crippen molar-refractivity contribution in [2.24, 2.45) is 0 Å². The van der Waals surface area contributed by atoms with Gasteiger partial charge in [-0.05, 0) is 44.4 Å². The summed E-state index contributed by atoms with van der Waals surface area (Å²) in [6.45, 7) is 6.97. The zero-order valence-electron chi connectivity index (χ0n) is 16.9. The summed E-state index contributed by atoms with van der Waals surface area (Å²) < 4.78 is 5.84. The van der Waals surface area contributed by atoms with Crippen molar-refractivity contribution in [2.75, 3.05) is 20.1 Å². The van der Waals surface area contributed by atoms with Crippen LogP contribution in [0.2, 0.25) is 0 Å². The van der Waals surface area contributed by atoms with E-state index >= 15 is 0 Å². The number of carbonyl (C=O) groups is 1. The third-order valence-electron chi connectivity index (χ3n) is 6.02. The number of pyridine rings is 1. The van der Waals surface area contributed by atoms with Gasteiger partial charge in [0, 0.05) is 57.1 Å². The molecule has 28 heavy (non-hydrogen) atoms. The molecule has 2 aliphatic rings. The van der Waals surface area contributed by atoms with Crippen LogP contribution in [0, 0.1) is 0 Å². The first-order valence-electron chi connectivity index (χ1n) is 10.1. The van der Waals surface area contributed by atoms with Gasteiger partial charge in [0.15, 0.2) is 5.69 Å². The zero-order chi connectivity index (χ0) is 19.7. The number of amides is 1. The molecule has 4 rings (SSSR count). The Labute approximate surface area is 166 Å². The van der Waals surface area contributed by atoms with Gasteiger partial charge in [-0.2, -0.15) is 5.10 Å². The summed E-state index contributed by atoms with van der Waals surface area (Å²) in [5.74, 6) is 0.0198.